The summed E-state index contributed by atoms with van der Waals surface area (Å²) in [5.41, 5.74) is 5.83. The van der Waals surface area contributed by atoms with Gasteiger partial charge in [0.15, 0.2) is 0 Å². The molecule has 1 aromatic rings. The Labute approximate surface area is 126 Å². The molecule has 1 saturated carbocycles. The third kappa shape index (κ3) is 3.74. The minimum atomic E-state index is 0.312. The standard InChI is InChI=1S/C15H26N6/c1-11-4-6-12(7-5-11)10-17-14-18-13(16)19-15(20-14)21-8-2-3-9-21/h11-12H,2-10H2,1H3,(H3,16,17,18,19,20). The number of rotatable bonds is 4. The van der Waals surface area contributed by atoms with Crippen LogP contribution in [0.4, 0.5) is 17.8 Å². The second-order valence-corrected chi connectivity index (χ2v) is 6.52. The maximum Gasteiger partial charge on any atom is 0.231 e. The highest BCUT2D eigenvalue weighted by atomic mass is 15.3. The van der Waals surface area contributed by atoms with Crippen molar-refractivity contribution >= 4 is 17.8 Å². The summed E-state index contributed by atoms with van der Waals surface area (Å²) in [5, 5.41) is 3.37. The SMILES string of the molecule is CC1CCC(CNc2nc(N)nc(N3CCCC3)n2)CC1. The quantitative estimate of drug-likeness (QED) is 0.885. The largest absolute Gasteiger partial charge is 0.368 e. The fraction of sp³-hybridized carbons (Fsp3) is 0.800. The molecule has 3 rings (SSSR count). The van der Waals surface area contributed by atoms with Crippen molar-refractivity contribution in [3.05, 3.63) is 0 Å². The van der Waals surface area contributed by atoms with Crippen LogP contribution < -0.4 is 16.0 Å². The van der Waals surface area contributed by atoms with E-state index >= 15 is 0 Å². The van der Waals surface area contributed by atoms with E-state index in [1.54, 1.807) is 0 Å². The van der Waals surface area contributed by atoms with Gasteiger partial charge in [-0.05, 0) is 37.5 Å². The summed E-state index contributed by atoms with van der Waals surface area (Å²) in [6.07, 6.45) is 7.68. The number of nitrogens with two attached hydrogens (primary N) is 1. The zero-order chi connectivity index (χ0) is 14.7. The van der Waals surface area contributed by atoms with Crippen LogP contribution in [0.25, 0.3) is 0 Å². The molecule has 1 saturated heterocycles. The molecule has 21 heavy (non-hydrogen) atoms. The molecule has 2 aliphatic rings. The molecule has 6 heteroatoms. The molecular weight excluding hydrogens is 264 g/mol. The van der Waals surface area contributed by atoms with Crippen molar-refractivity contribution in [2.75, 3.05) is 35.6 Å². The highest BCUT2D eigenvalue weighted by Crippen LogP contribution is 2.28. The van der Waals surface area contributed by atoms with Crippen molar-refractivity contribution in [3.8, 4) is 0 Å². The van der Waals surface area contributed by atoms with E-state index in [0.717, 1.165) is 37.4 Å². The Hall–Kier alpha value is -1.59. The minimum absolute atomic E-state index is 0.312. The minimum Gasteiger partial charge on any atom is -0.368 e. The molecule has 1 aliphatic heterocycles. The highest BCUT2D eigenvalue weighted by Gasteiger charge is 2.19. The fourth-order valence-electron chi connectivity index (χ4n) is 3.29. The summed E-state index contributed by atoms with van der Waals surface area (Å²) in [4.78, 5) is 15.2. The molecule has 0 bridgehead atoms. The average molecular weight is 290 g/mol. The lowest BCUT2D eigenvalue weighted by atomic mass is 9.83. The van der Waals surface area contributed by atoms with E-state index in [0.29, 0.717) is 11.9 Å². The maximum atomic E-state index is 5.83. The Morgan fingerprint density at radius 3 is 2.52 bits per heavy atom. The van der Waals surface area contributed by atoms with Gasteiger partial charge in [0.2, 0.25) is 17.8 Å². The molecule has 3 N–H and O–H groups in total. The molecule has 2 heterocycles. The normalized spacial score (nSPS) is 26.0. The first-order valence-corrected chi connectivity index (χ1v) is 8.21. The zero-order valence-corrected chi connectivity index (χ0v) is 12.9. The number of anilines is 3. The number of hydrogen-bond acceptors (Lipinski definition) is 6. The lowest BCUT2D eigenvalue weighted by Crippen LogP contribution is -2.24. The summed E-state index contributed by atoms with van der Waals surface area (Å²) < 4.78 is 0. The van der Waals surface area contributed by atoms with Gasteiger partial charge in [-0.2, -0.15) is 15.0 Å². The van der Waals surface area contributed by atoms with E-state index in [9.17, 15) is 0 Å². The number of hydrogen-bond donors (Lipinski definition) is 2. The number of aromatic nitrogens is 3. The van der Waals surface area contributed by atoms with Crippen molar-refractivity contribution < 1.29 is 0 Å². The van der Waals surface area contributed by atoms with Crippen LogP contribution in [0.1, 0.15) is 45.4 Å². The Morgan fingerprint density at radius 2 is 1.81 bits per heavy atom. The Morgan fingerprint density at radius 1 is 1.10 bits per heavy atom. The molecule has 1 aromatic heterocycles. The molecule has 0 spiro atoms. The summed E-state index contributed by atoms with van der Waals surface area (Å²) >= 11 is 0. The monoisotopic (exact) mass is 290 g/mol. The van der Waals surface area contributed by atoms with Gasteiger partial charge in [0.1, 0.15) is 0 Å². The molecule has 0 unspecified atom stereocenters. The Kier molecular flexibility index (Phi) is 4.41. The van der Waals surface area contributed by atoms with Crippen LogP contribution >= 0.6 is 0 Å². The second-order valence-electron chi connectivity index (χ2n) is 6.52. The topological polar surface area (TPSA) is 80.0 Å². The first-order valence-electron chi connectivity index (χ1n) is 8.21. The molecule has 6 nitrogen and oxygen atoms in total. The summed E-state index contributed by atoms with van der Waals surface area (Å²) in [5.74, 6) is 3.28. The van der Waals surface area contributed by atoms with Gasteiger partial charge in [-0.3, -0.25) is 0 Å². The van der Waals surface area contributed by atoms with Gasteiger partial charge in [-0.1, -0.05) is 19.8 Å². The van der Waals surface area contributed by atoms with Gasteiger partial charge in [0.25, 0.3) is 0 Å². The Bertz CT molecular complexity index is 463. The Balaban J connectivity index is 1.59. The molecule has 116 valence electrons. The molecule has 0 aromatic carbocycles. The molecular formula is C15H26N6. The van der Waals surface area contributed by atoms with E-state index in [4.69, 9.17) is 5.73 Å². The highest BCUT2D eigenvalue weighted by molar-refractivity contribution is 5.42. The van der Waals surface area contributed by atoms with Crippen LogP contribution in [-0.2, 0) is 0 Å². The smallest absolute Gasteiger partial charge is 0.231 e. The van der Waals surface area contributed by atoms with Crippen LogP contribution in [0.15, 0.2) is 0 Å². The predicted molar refractivity (Wildman–Crippen MR) is 85.3 cm³/mol. The summed E-state index contributed by atoms with van der Waals surface area (Å²) in [6, 6.07) is 0. The van der Waals surface area contributed by atoms with Crippen LogP contribution in [0.2, 0.25) is 0 Å². The number of nitrogens with zero attached hydrogens (tertiary/aromatic N) is 4. The van der Waals surface area contributed by atoms with Gasteiger partial charge in [0, 0.05) is 19.6 Å². The zero-order valence-electron chi connectivity index (χ0n) is 12.9. The van der Waals surface area contributed by atoms with Gasteiger partial charge in [-0.15, -0.1) is 0 Å². The molecule has 0 radical (unpaired) electrons. The van der Waals surface area contributed by atoms with Crippen LogP contribution in [0.3, 0.4) is 0 Å². The van der Waals surface area contributed by atoms with Crippen molar-refractivity contribution in [2.24, 2.45) is 11.8 Å². The molecule has 2 fully saturated rings. The van der Waals surface area contributed by atoms with Gasteiger partial charge < -0.3 is 16.0 Å². The summed E-state index contributed by atoms with van der Waals surface area (Å²) in [6.45, 7) is 5.32. The summed E-state index contributed by atoms with van der Waals surface area (Å²) in [7, 11) is 0. The number of nitrogens with one attached hydrogen (secondary N) is 1. The van der Waals surface area contributed by atoms with E-state index < -0.39 is 0 Å². The van der Waals surface area contributed by atoms with Crippen molar-refractivity contribution in [1.29, 1.82) is 0 Å². The molecule has 1 aliphatic carbocycles. The van der Waals surface area contributed by atoms with E-state index in [1.807, 2.05) is 0 Å². The van der Waals surface area contributed by atoms with Gasteiger partial charge >= 0.3 is 0 Å². The van der Waals surface area contributed by atoms with E-state index in [-0.39, 0.29) is 0 Å². The molecule has 0 amide bonds. The van der Waals surface area contributed by atoms with Crippen LogP contribution in [0, 0.1) is 11.8 Å². The fourth-order valence-corrected chi connectivity index (χ4v) is 3.29. The van der Waals surface area contributed by atoms with Crippen molar-refractivity contribution in [2.45, 2.75) is 45.4 Å². The lowest BCUT2D eigenvalue weighted by Gasteiger charge is -2.26. The third-order valence-electron chi connectivity index (χ3n) is 4.71. The van der Waals surface area contributed by atoms with Crippen LogP contribution in [-0.4, -0.2) is 34.6 Å². The predicted octanol–water partition coefficient (Wildman–Crippen LogP) is 2.29. The van der Waals surface area contributed by atoms with Crippen LogP contribution in [0.5, 0.6) is 0 Å². The van der Waals surface area contributed by atoms with Gasteiger partial charge in [0.05, 0.1) is 0 Å². The third-order valence-corrected chi connectivity index (χ3v) is 4.71. The van der Waals surface area contributed by atoms with Gasteiger partial charge in [-0.25, -0.2) is 0 Å². The van der Waals surface area contributed by atoms with Crippen molar-refractivity contribution in [3.63, 3.8) is 0 Å². The average Bonchev–Trinajstić information content (AvgIpc) is 3.00. The molecule has 0 atom stereocenters. The first kappa shape index (κ1) is 14.4. The maximum absolute atomic E-state index is 5.83. The van der Waals surface area contributed by atoms with E-state index in [1.165, 1.54) is 38.5 Å². The first-order chi connectivity index (χ1) is 10.2. The second kappa shape index (κ2) is 6.45. The van der Waals surface area contributed by atoms with E-state index in [2.05, 4.69) is 32.1 Å². The number of nitrogen functional groups attached to an aromatic ring is 1. The van der Waals surface area contributed by atoms with Crippen molar-refractivity contribution in [1.82, 2.24) is 15.0 Å². The lowest BCUT2D eigenvalue weighted by molar-refractivity contribution is 0.300.